The molecule has 4 heterocycles. The number of hydrogen-bond donors (Lipinski definition) is 3. The van der Waals surface area contributed by atoms with Crippen LogP contribution in [0.3, 0.4) is 0 Å². The van der Waals surface area contributed by atoms with Gasteiger partial charge in [-0.3, -0.25) is 4.68 Å². The van der Waals surface area contributed by atoms with Crippen LogP contribution in [0.25, 0.3) is 22.4 Å². The van der Waals surface area contributed by atoms with Crippen LogP contribution in [0, 0.1) is 0 Å². The van der Waals surface area contributed by atoms with Crippen LogP contribution in [0.1, 0.15) is 52.0 Å². The molecule has 33 heavy (non-hydrogen) atoms. The van der Waals surface area contributed by atoms with E-state index in [4.69, 9.17) is 9.40 Å². The number of fused-ring (bicyclic) bond motifs is 1. The highest BCUT2D eigenvalue weighted by molar-refractivity contribution is 5.81. The molecule has 0 unspecified atom stereocenters. The lowest BCUT2D eigenvalue weighted by molar-refractivity contribution is 0.172. The van der Waals surface area contributed by atoms with Crippen molar-refractivity contribution in [1.29, 1.82) is 0 Å². The van der Waals surface area contributed by atoms with E-state index in [2.05, 4.69) is 49.7 Å². The normalized spacial score (nSPS) is 15.8. The van der Waals surface area contributed by atoms with Gasteiger partial charge in [-0.15, -0.1) is 10.2 Å². The zero-order chi connectivity index (χ0) is 22.8. The van der Waals surface area contributed by atoms with E-state index in [-0.39, 0.29) is 12.6 Å². The Morgan fingerprint density at radius 2 is 2.00 bits per heavy atom. The number of aliphatic hydroxyl groups excluding tert-OH is 1. The van der Waals surface area contributed by atoms with Gasteiger partial charge in [0, 0.05) is 29.9 Å². The molecule has 0 aromatic carbocycles. The number of anilines is 3. The van der Waals surface area contributed by atoms with Gasteiger partial charge in [0.05, 0.1) is 29.4 Å². The third-order valence-electron chi connectivity index (χ3n) is 6.09. The molecule has 4 aromatic rings. The molecule has 0 saturated heterocycles. The number of hydrogen-bond acceptors (Lipinski definition) is 10. The molecule has 172 valence electrons. The Morgan fingerprint density at radius 3 is 2.73 bits per heavy atom. The second-order valence-electron chi connectivity index (χ2n) is 8.76. The molecule has 1 saturated carbocycles. The minimum Gasteiger partial charge on any atom is -0.423 e. The highest BCUT2D eigenvalue weighted by atomic mass is 16.4. The van der Waals surface area contributed by atoms with Crippen LogP contribution in [0.4, 0.5) is 17.6 Å². The van der Waals surface area contributed by atoms with Gasteiger partial charge in [-0.1, -0.05) is 19.3 Å². The molecule has 11 nitrogen and oxygen atoms in total. The number of aliphatic hydroxyl groups is 1. The molecule has 1 fully saturated rings. The summed E-state index contributed by atoms with van der Waals surface area (Å²) in [6.07, 6.45) is 11.5. The van der Waals surface area contributed by atoms with Crippen molar-refractivity contribution in [1.82, 2.24) is 34.9 Å². The van der Waals surface area contributed by atoms with Gasteiger partial charge in [0.15, 0.2) is 0 Å². The third kappa shape index (κ3) is 4.23. The van der Waals surface area contributed by atoms with Crippen LogP contribution < -0.4 is 10.6 Å². The third-order valence-corrected chi connectivity index (χ3v) is 6.09. The van der Waals surface area contributed by atoms with Crippen molar-refractivity contribution in [2.24, 2.45) is 0 Å². The van der Waals surface area contributed by atoms with Gasteiger partial charge in [0.1, 0.15) is 11.6 Å². The van der Waals surface area contributed by atoms with Crippen molar-refractivity contribution in [3.8, 4) is 11.5 Å². The summed E-state index contributed by atoms with van der Waals surface area (Å²) in [6.45, 7) is 4.18. The van der Waals surface area contributed by atoms with E-state index in [0.717, 1.165) is 43.0 Å². The fraction of sp³-hybridized carbons (Fsp3) is 0.455. The van der Waals surface area contributed by atoms with Crippen molar-refractivity contribution in [3.05, 3.63) is 31.1 Å². The molecule has 0 amide bonds. The first kappa shape index (κ1) is 21.3. The van der Waals surface area contributed by atoms with Crippen molar-refractivity contribution in [2.45, 2.75) is 57.5 Å². The van der Waals surface area contributed by atoms with E-state index in [9.17, 15) is 5.11 Å². The molecule has 0 aliphatic heterocycles. The lowest BCUT2D eigenvalue weighted by Gasteiger charge is -2.37. The van der Waals surface area contributed by atoms with Crippen molar-refractivity contribution < 1.29 is 9.52 Å². The largest absolute Gasteiger partial charge is 0.423 e. The minimum atomic E-state index is -0.445. The number of rotatable bonds is 7. The first-order chi connectivity index (χ1) is 16.1. The average molecular weight is 450 g/mol. The van der Waals surface area contributed by atoms with Crippen LogP contribution in [0.5, 0.6) is 0 Å². The number of pyridine rings is 1. The number of nitrogens with zero attached hydrogens (tertiary/aromatic N) is 7. The average Bonchev–Trinajstić information content (AvgIpc) is 3.50. The summed E-state index contributed by atoms with van der Waals surface area (Å²) in [5, 5.41) is 30.0. The molecule has 1 aliphatic rings. The van der Waals surface area contributed by atoms with Crippen LogP contribution >= 0.6 is 0 Å². The lowest BCUT2D eigenvalue weighted by Crippen LogP contribution is -2.44. The molecule has 0 bridgehead atoms. The summed E-state index contributed by atoms with van der Waals surface area (Å²) in [5.74, 6) is 1.82. The van der Waals surface area contributed by atoms with Gasteiger partial charge in [-0.05, 0) is 26.7 Å². The molecular weight excluding hydrogens is 422 g/mol. The fourth-order valence-corrected chi connectivity index (χ4v) is 4.32. The molecule has 0 atom stereocenters. The van der Waals surface area contributed by atoms with E-state index in [0.29, 0.717) is 29.0 Å². The minimum absolute atomic E-state index is 0.0143. The molecule has 1 aliphatic carbocycles. The van der Waals surface area contributed by atoms with Crippen LogP contribution in [-0.4, -0.2) is 52.2 Å². The Bertz CT molecular complexity index is 1230. The van der Waals surface area contributed by atoms with Crippen molar-refractivity contribution in [3.63, 3.8) is 0 Å². The van der Waals surface area contributed by atoms with E-state index in [1.54, 1.807) is 12.4 Å². The van der Waals surface area contributed by atoms with Gasteiger partial charge in [-0.2, -0.15) is 10.1 Å². The van der Waals surface area contributed by atoms with E-state index >= 15 is 0 Å². The zero-order valence-corrected chi connectivity index (χ0v) is 18.7. The number of aromatic nitrogens is 7. The predicted molar refractivity (Wildman–Crippen MR) is 123 cm³/mol. The molecule has 3 N–H and O–H groups in total. The van der Waals surface area contributed by atoms with Gasteiger partial charge >= 0.3 is 0 Å². The Morgan fingerprint density at radius 1 is 1.15 bits per heavy atom. The molecular formula is C22H27N9O2. The smallest absolute Gasteiger partial charge is 0.252 e. The Kier molecular flexibility index (Phi) is 5.63. The Balaban J connectivity index is 1.49. The molecule has 5 rings (SSSR count). The first-order valence-corrected chi connectivity index (χ1v) is 11.2. The van der Waals surface area contributed by atoms with Crippen LogP contribution in [0.15, 0.2) is 35.5 Å². The molecule has 0 spiro atoms. The summed E-state index contributed by atoms with van der Waals surface area (Å²) in [5.41, 5.74) is 1.11. The van der Waals surface area contributed by atoms with Gasteiger partial charge < -0.3 is 20.2 Å². The maximum atomic E-state index is 10.2. The van der Waals surface area contributed by atoms with Crippen molar-refractivity contribution in [2.75, 3.05) is 17.2 Å². The maximum absolute atomic E-state index is 10.2. The fourth-order valence-electron chi connectivity index (χ4n) is 4.32. The highest BCUT2D eigenvalue weighted by Gasteiger charge is 2.33. The Labute approximate surface area is 190 Å². The van der Waals surface area contributed by atoms with Gasteiger partial charge in [-0.25, -0.2) is 9.97 Å². The van der Waals surface area contributed by atoms with E-state index in [1.165, 1.54) is 6.39 Å². The zero-order valence-electron chi connectivity index (χ0n) is 18.7. The Hall–Kier alpha value is -3.60. The van der Waals surface area contributed by atoms with Gasteiger partial charge in [0.2, 0.25) is 12.3 Å². The van der Waals surface area contributed by atoms with Crippen LogP contribution in [-0.2, 0) is 0 Å². The first-order valence-electron chi connectivity index (χ1n) is 11.2. The second-order valence-corrected chi connectivity index (χ2v) is 8.76. The second kappa shape index (κ2) is 8.74. The molecule has 4 aromatic heterocycles. The molecule has 0 radical (unpaired) electrons. The predicted octanol–water partition coefficient (Wildman–Crippen LogP) is 3.70. The number of nitrogens with one attached hydrogen (secondary N) is 2. The van der Waals surface area contributed by atoms with Gasteiger partial charge in [0.25, 0.3) is 5.89 Å². The van der Waals surface area contributed by atoms with E-state index < -0.39 is 5.54 Å². The summed E-state index contributed by atoms with van der Waals surface area (Å²) in [7, 11) is 0. The standard InChI is InChI=1S/C22H27N9O2/c1-14(2)31-17-8-18(23-9-15(17)10-26-31)27-21-24-11-16(20-30-25-13-33-20)19(28-21)29-22(12-32)6-4-3-5-7-22/h8-11,13-14,32H,3-7,12H2,1-2H3,(H2,23,24,27,28,29). The quantitative estimate of drug-likeness (QED) is 0.382. The SMILES string of the molecule is CC(C)n1ncc2cnc(Nc3ncc(-c4nnco4)c(NC4(CO)CCCCC4)n3)cc21. The van der Waals surface area contributed by atoms with E-state index in [1.807, 2.05) is 16.9 Å². The summed E-state index contributed by atoms with van der Waals surface area (Å²) >= 11 is 0. The summed E-state index contributed by atoms with van der Waals surface area (Å²) in [6, 6.07) is 2.16. The van der Waals surface area contributed by atoms with Crippen molar-refractivity contribution >= 4 is 28.5 Å². The monoisotopic (exact) mass is 449 g/mol. The summed E-state index contributed by atoms with van der Waals surface area (Å²) < 4.78 is 7.35. The molecule has 11 heteroatoms. The summed E-state index contributed by atoms with van der Waals surface area (Å²) in [4.78, 5) is 13.6. The van der Waals surface area contributed by atoms with Crippen LogP contribution in [0.2, 0.25) is 0 Å². The maximum Gasteiger partial charge on any atom is 0.252 e. The lowest BCUT2D eigenvalue weighted by atomic mass is 9.82. The highest BCUT2D eigenvalue weighted by Crippen LogP contribution is 2.34. The topological polar surface area (TPSA) is 140 Å².